The minimum Gasteiger partial charge on any atom is -0.311 e. The molecule has 0 spiro atoms. The maximum Gasteiger partial charge on any atom is 0.0462 e. The summed E-state index contributed by atoms with van der Waals surface area (Å²) in [5.74, 6) is 0. The number of anilines is 3. The molecule has 72 heavy (non-hydrogen) atoms. The van der Waals surface area contributed by atoms with E-state index in [1.54, 1.807) is 11.1 Å². The number of hydrogen-bond donors (Lipinski definition) is 0. The van der Waals surface area contributed by atoms with Gasteiger partial charge in [-0.2, -0.15) is 0 Å². The predicted octanol–water partition coefficient (Wildman–Crippen LogP) is 21.9. The fourth-order valence-electron chi connectivity index (χ4n) is 12.5. The zero-order chi connectivity index (χ0) is 49.3. The molecular weight excluding hydrogens is 867 g/mol. The van der Waals surface area contributed by atoms with Gasteiger partial charge in [0.15, 0.2) is 0 Å². The van der Waals surface area contributed by atoms with Gasteiger partial charge in [-0.05, 0) is 158 Å². The summed E-state index contributed by atoms with van der Waals surface area (Å²) < 4.78 is 0. The number of benzene rings is 9. The molecule has 1 heteroatoms. The fraction of sp³-hybridized carbons (Fsp3) is 0.324. The van der Waals surface area contributed by atoms with Gasteiger partial charge in [-0.25, -0.2) is 0 Å². The van der Waals surface area contributed by atoms with E-state index in [4.69, 9.17) is 0 Å². The molecule has 0 bridgehead atoms. The van der Waals surface area contributed by atoms with Crippen LogP contribution in [-0.4, -0.2) is 0 Å². The fourth-order valence-corrected chi connectivity index (χ4v) is 12.5. The summed E-state index contributed by atoms with van der Waals surface area (Å²) >= 11 is 0. The van der Waals surface area contributed by atoms with Crippen LogP contribution in [0, 0.1) is 13.8 Å². The number of aryl methyl sites for hydroxylation is 2. The Morgan fingerprint density at radius 2 is 0.736 bits per heavy atom. The lowest BCUT2D eigenvalue weighted by Crippen LogP contribution is -2.25. The third-order valence-electron chi connectivity index (χ3n) is 16.4. The average Bonchev–Trinajstić information content (AvgIpc) is 3.68. The Morgan fingerprint density at radius 3 is 1.25 bits per heavy atom. The van der Waals surface area contributed by atoms with E-state index in [2.05, 4.69) is 209 Å². The van der Waals surface area contributed by atoms with Crippen LogP contribution in [0.4, 0.5) is 17.1 Å². The number of fused-ring (bicyclic) bond motifs is 6. The SMILES string of the molecule is CCCCCCCCCCC1(CCCCCCCCCC)c2ccccc2-c2ccc(-c3c4ccccc4c(-c4ccc(N(c5ccc(C)cc5)c5ccc(C)cc5)cc4)c4cc5ccccc5cc34)cc21. The van der Waals surface area contributed by atoms with E-state index >= 15 is 0 Å². The summed E-state index contributed by atoms with van der Waals surface area (Å²) in [5, 5.41) is 7.78. The highest BCUT2D eigenvalue weighted by molar-refractivity contribution is 6.23. The Bertz CT molecular complexity index is 3160. The third-order valence-corrected chi connectivity index (χ3v) is 16.4. The summed E-state index contributed by atoms with van der Waals surface area (Å²) in [6.45, 7) is 8.96. The van der Waals surface area contributed by atoms with Gasteiger partial charge in [-0.15, -0.1) is 0 Å². The molecule has 10 rings (SSSR count). The lowest BCUT2D eigenvalue weighted by molar-refractivity contribution is 0.397. The van der Waals surface area contributed by atoms with E-state index in [1.165, 1.54) is 192 Å². The molecule has 0 N–H and O–H groups in total. The van der Waals surface area contributed by atoms with Crippen molar-refractivity contribution in [2.24, 2.45) is 0 Å². The lowest BCUT2D eigenvalue weighted by Gasteiger charge is -2.33. The summed E-state index contributed by atoms with van der Waals surface area (Å²) in [6.07, 6.45) is 24.0. The quantitative estimate of drug-likeness (QED) is 0.0456. The molecule has 9 aromatic rings. The molecule has 1 aliphatic carbocycles. The van der Waals surface area contributed by atoms with Crippen molar-refractivity contribution in [3.8, 4) is 33.4 Å². The first kappa shape index (κ1) is 49.2. The Balaban J connectivity index is 1.09. The molecule has 9 aromatic carbocycles. The van der Waals surface area contributed by atoms with Crippen LogP contribution in [-0.2, 0) is 5.41 Å². The van der Waals surface area contributed by atoms with Crippen molar-refractivity contribution in [1.29, 1.82) is 0 Å². The molecule has 0 heterocycles. The highest BCUT2D eigenvalue weighted by Crippen LogP contribution is 2.56. The number of unbranched alkanes of at least 4 members (excludes halogenated alkanes) is 14. The van der Waals surface area contributed by atoms with Crippen molar-refractivity contribution in [2.45, 2.75) is 149 Å². The monoisotopic (exact) mass is 944 g/mol. The van der Waals surface area contributed by atoms with Crippen LogP contribution in [0.5, 0.6) is 0 Å². The van der Waals surface area contributed by atoms with Crippen LogP contribution in [0.1, 0.15) is 152 Å². The van der Waals surface area contributed by atoms with Crippen molar-refractivity contribution >= 4 is 49.4 Å². The topological polar surface area (TPSA) is 3.24 Å². The predicted molar refractivity (Wildman–Crippen MR) is 315 cm³/mol. The van der Waals surface area contributed by atoms with Crippen LogP contribution in [0.15, 0.2) is 176 Å². The summed E-state index contributed by atoms with van der Waals surface area (Å²) in [7, 11) is 0. The van der Waals surface area contributed by atoms with Gasteiger partial charge in [0, 0.05) is 22.5 Å². The average molecular weight is 944 g/mol. The van der Waals surface area contributed by atoms with E-state index in [9.17, 15) is 0 Å². The molecule has 0 fully saturated rings. The van der Waals surface area contributed by atoms with Gasteiger partial charge in [-0.1, -0.05) is 249 Å². The molecule has 0 saturated heterocycles. The van der Waals surface area contributed by atoms with Crippen LogP contribution in [0.25, 0.3) is 65.7 Å². The molecule has 0 unspecified atom stereocenters. The van der Waals surface area contributed by atoms with Gasteiger partial charge in [-0.3, -0.25) is 0 Å². The first-order chi connectivity index (χ1) is 35.5. The summed E-state index contributed by atoms with van der Waals surface area (Å²) in [5.41, 5.74) is 17.2. The van der Waals surface area contributed by atoms with E-state index in [-0.39, 0.29) is 5.41 Å². The van der Waals surface area contributed by atoms with Crippen molar-refractivity contribution in [2.75, 3.05) is 4.90 Å². The van der Waals surface area contributed by atoms with E-state index < -0.39 is 0 Å². The number of rotatable bonds is 23. The van der Waals surface area contributed by atoms with Gasteiger partial charge in [0.1, 0.15) is 0 Å². The van der Waals surface area contributed by atoms with Gasteiger partial charge >= 0.3 is 0 Å². The zero-order valence-corrected chi connectivity index (χ0v) is 43.9. The minimum absolute atomic E-state index is 0.0113. The molecule has 0 atom stereocenters. The van der Waals surface area contributed by atoms with Crippen molar-refractivity contribution in [1.82, 2.24) is 0 Å². The van der Waals surface area contributed by atoms with Gasteiger partial charge in [0.2, 0.25) is 0 Å². The molecule has 1 aliphatic rings. The Kier molecular flexibility index (Phi) is 15.7. The first-order valence-electron chi connectivity index (χ1n) is 28.1. The molecule has 0 saturated carbocycles. The first-order valence-corrected chi connectivity index (χ1v) is 28.1. The molecular formula is C71H77N. The molecule has 0 radical (unpaired) electrons. The second-order valence-electron chi connectivity index (χ2n) is 21.4. The van der Waals surface area contributed by atoms with Gasteiger partial charge in [0.25, 0.3) is 0 Å². The maximum absolute atomic E-state index is 2.68. The third kappa shape index (κ3) is 10.3. The minimum atomic E-state index is 0.0113. The van der Waals surface area contributed by atoms with Crippen LogP contribution in [0.2, 0.25) is 0 Å². The van der Waals surface area contributed by atoms with Gasteiger partial charge < -0.3 is 4.90 Å². The summed E-state index contributed by atoms with van der Waals surface area (Å²) in [6, 6.07) is 67.5. The van der Waals surface area contributed by atoms with Crippen molar-refractivity contribution < 1.29 is 0 Å². The van der Waals surface area contributed by atoms with E-state index in [1.807, 2.05) is 0 Å². The van der Waals surface area contributed by atoms with Crippen molar-refractivity contribution in [3.05, 3.63) is 198 Å². The molecule has 1 nitrogen and oxygen atoms in total. The highest BCUT2D eigenvalue weighted by atomic mass is 15.1. The smallest absolute Gasteiger partial charge is 0.0462 e. The second-order valence-corrected chi connectivity index (χ2v) is 21.4. The highest BCUT2D eigenvalue weighted by Gasteiger charge is 2.42. The van der Waals surface area contributed by atoms with Crippen molar-refractivity contribution in [3.63, 3.8) is 0 Å². The molecule has 366 valence electrons. The van der Waals surface area contributed by atoms with Crippen LogP contribution in [0.3, 0.4) is 0 Å². The maximum atomic E-state index is 2.68. The Labute approximate surface area is 432 Å². The summed E-state index contributed by atoms with van der Waals surface area (Å²) in [4.78, 5) is 2.38. The normalized spacial score (nSPS) is 12.7. The second kappa shape index (κ2) is 23.0. The Hall–Kier alpha value is -6.44. The molecule has 0 aliphatic heterocycles. The Morgan fingerprint density at radius 1 is 0.333 bits per heavy atom. The van der Waals surface area contributed by atoms with Gasteiger partial charge in [0.05, 0.1) is 0 Å². The largest absolute Gasteiger partial charge is 0.311 e. The van der Waals surface area contributed by atoms with E-state index in [0.717, 1.165) is 17.1 Å². The van der Waals surface area contributed by atoms with Crippen LogP contribution < -0.4 is 4.90 Å². The van der Waals surface area contributed by atoms with E-state index in [0.29, 0.717) is 0 Å². The number of nitrogens with zero attached hydrogens (tertiary/aromatic N) is 1. The molecule has 0 aromatic heterocycles. The zero-order valence-electron chi connectivity index (χ0n) is 43.9. The molecule has 0 amide bonds. The standard InChI is InChI=1S/C71H77N/c1-5-7-9-11-13-15-17-25-47-71(48-26-18-16-14-12-10-8-6-2)67-32-24-23-29-61(67)62-46-39-57(51-68(62)71)70-64-31-22-21-30-63(64)69(65-49-55-27-19-20-28-56(55)50-66(65)70)54-37-44-60(45-38-54)72(58-40-33-52(3)34-41-58)59-42-35-53(4)36-43-59/h19-24,27-46,49-51H,5-18,25-26,47-48H2,1-4H3. The number of hydrogen-bond acceptors (Lipinski definition) is 1. The van der Waals surface area contributed by atoms with Crippen LogP contribution >= 0.6 is 0 Å². The lowest BCUT2D eigenvalue weighted by atomic mass is 9.70.